The number of rotatable bonds is 8. The molecule has 0 unspecified atom stereocenters. The molecule has 0 saturated carbocycles. The Morgan fingerprint density at radius 2 is 1.03 bits per heavy atom. The standard InChI is InChI=1S/2C25H34N6O4S/c2*1-15-21(26)25(14-35-15)4-7-30(8-5-25)22-17(11-32)29-19(10-28-22)36-18-3-6-27-23-20(18)34-12-16-9-24(2,33)13-31(16)23/h2*3,6,10,15-16,21,32-33H,4-5,7-9,11-14,26H2,1-2H3/t15-,16-,21+,24+;15-,16-,21+,24-/m00/s1. The van der Waals surface area contributed by atoms with Gasteiger partial charge in [0.05, 0.1) is 84.1 Å². The zero-order valence-electron chi connectivity index (χ0n) is 41.5. The van der Waals surface area contributed by atoms with Crippen molar-refractivity contribution in [3.63, 3.8) is 0 Å². The van der Waals surface area contributed by atoms with Crippen molar-refractivity contribution in [3.05, 3.63) is 48.3 Å². The van der Waals surface area contributed by atoms with Crippen LogP contribution in [-0.2, 0) is 22.7 Å². The highest BCUT2D eigenvalue weighted by molar-refractivity contribution is 7.99. The third-order valence-corrected chi connectivity index (χ3v) is 18.4. The van der Waals surface area contributed by atoms with Crippen molar-refractivity contribution in [1.82, 2.24) is 29.9 Å². The van der Waals surface area contributed by atoms with Gasteiger partial charge < -0.3 is 70.4 Å². The van der Waals surface area contributed by atoms with E-state index in [4.69, 9.17) is 50.4 Å². The van der Waals surface area contributed by atoms with Gasteiger partial charge in [0.15, 0.2) is 34.8 Å². The molecule has 4 aromatic rings. The Bertz CT molecular complexity index is 2460. The van der Waals surface area contributed by atoms with Gasteiger partial charge >= 0.3 is 0 Å². The van der Waals surface area contributed by atoms with E-state index in [2.05, 4.69) is 43.4 Å². The first-order valence-electron chi connectivity index (χ1n) is 25.3. The van der Waals surface area contributed by atoms with E-state index in [1.54, 1.807) is 24.8 Å². The predicted molar refractivity (Wildman–Crippen MR) is 271 cm³/mol. The molecule has 8 atom stereocenters. The number of fused-ring (bicyclic) bond motifs is 6. The van der Waals surface area contributed by atoms with Crippen LogP contribution in [0, 0.1) is 10.8 Å². The number of pyridine rings is 2. The van der Waals surface area contributed by atoms with Crippen LogP contribution in [-0.4, -0.2) is 164 Å². The van der Waals surface area contributed by atoms with E-state index in [0.29, 0.717) is 85.3 Å². The van der Waals surface area contributed by atoms with Crippen molar-refractivity contribution in [1.29, 1.82) is 0 Å². The predicted octanol–water partition coefficient (Wildman–Crippen LogP) is 3.14. The number of hydrogen-bond donors (Lipinski definition) is 6. The number of nitrogens with zero attached hydrogens (tertiary/aromatic N) is 10. The first-order valence-corrected chi connectivity index (χ1v) is 27.0. The zero-order chi connectivity index (χ0) is 50.2. The number of aromatic nitrogens is 6. The van der Waals surface area contributed by atoms with Gasteiger partial charge in [0.2, 0.25) is 0 Å². The summed E-state index contributed by atoms with van der Waals surface area (Å²) in [6.45, 7) is 14.2. The molecular formula is C50H68N12O8S2. The highest BCUT2D eigenvalue weighted by Crippen LogP contribution is 2.49. The van der Waals surface area contributed by atoms with Crippen molar-refractivity contribution in [2.24, 2.45) is 22.3 Å². The molecule has 2 spiro atoms. The fourth-order valence-corrected chi connectivity index (χ4v) is 14.1. The largest absolute Gasteiger partial charge is 0.486 e. The maximum atomic E-state index is 10.5. The Balaban J connectivity index is 0.000000156. The molecule has 388 valence electrons. The van der Waals surface area contributed by atoms with Gasteiger partial charge in [0.25, 0.3) is 0 Å². The van der Waals surface area contributed by atoms with Gasteiger partial charge in [-0.2, -0.15) is 0 Å². The highest BCUT2D eigenvalue weighted by atomic mass is 32.2. The third kappa shape index (κ3) is 9.31. The molecular weight excluding hydrogens is 961 g/mol. The average Bonchev–Trinajstić information content (AvgIpc) is 4.07. The van der Waals surface area contributed by atoms with Crippen LogP contribution < -0.4 is 40.5 Å². The van der Waals surface area contributed by atoms with Crippen LogP contribution >= 0.6 is 23.5 Å². The molecule has 8 N–H and O–H groups in total. The number of piperidine rings is 2. The molecule has 0 radical (unpaired) electrons. The molecule has 0 bridgehead atoms. The van der Waals surface area contributed by atoms with Crippen LogP contribution in [0.2, 0.25) is 0 Å². The normalized spacial score (nSPS) is 30.9. The number of hydrogen-bond acceptors (Lipinski definition) is 22. The first-order chi connectivity index (χ1) is 34.6. The SMILES string of the molecule is C[C@@H]1OCC2(CCN(c3ncc(Sc4ccnc5c4OC[C@@H]4C[C@@](C)(O)CN54)nc3CO)CC2)[C@@H]1N.C[C@@H]1OCC2(CCN(c3ncc(Sc4ccnc5c4OC[C@@H]4C[C@](C)(O)CN54)nc3CO)CC2)[C@@H]1N. The molecule has 22 heteroatoms. The van der Waals surface area contributed by atoms with Gasteiger partial charge in [-0.3, -0.25) is 0 Å². The average molecular weight is 1030 g/mol. The molecule has 6 fully saturated rings. The van der Waals surface area contributed by atoms with E-state index >= 15 is 0 Å². The van der Waals surface area contributed by atoms with E-state index < -0.39 is 11.2 Å². The molecule has 0 aliphatic carbocycles. The fourth-order valence-electron chi connectivity index (χ4n) is 12.3. The van der Waals surface area contributed by atoms with Gasteiger partial charge in [-0.1, -0.05) is 23.5 Å². The lowest BCUT2D eigenvalue weighted by Crippen LogP contribution is -2.51. The van der Waals surface area contributed by atoms with E-state index in [1.165, 1.54) is 23.5 Å². The molecule has 72 heavy (non-hydrogen) atoms. The molecule has 0 amide bonds. The summed E-state index contributed by atoms with van der Waals surface area (Å²) < 4.78 is 23.9. The van der Waals surface area contributed by atoms with Crippen LogP contribution in [0.1, 0.15) is 77.6 Å². The molecule has 6 saturated heterocycles. The number of anilines is 4. The van der Waals surface area contributed by atoms with Crippen LogP contribution in [0.4, 0.5) is 23.3 Å². The van der Waals surface area contributed by atoms with E-state index in [0.717, 1.165) is 84.9 Å². The first kappa shape index (κ1) is 49.8. The Morgan fingerprint density at radius 3 is 1.39 bits per heavy atom. The van der Waals surface area contributed by atoms with E-state index in [-0.39, 0.29) is 60.4 Å². The Hall–Kier alpha value is -4.36. The van der Waals surface area contributed by atoms with Crippen molar-refractivity contribution in [2.45, 2.75) is 147 Å². The summed E-state index contributed by atoms with van der Waals surface area (Å²) in [6, 6.07) is 4.17. The lowest BCUT2D eigenvalue weighted by Gasteiger charge is -2.41. The highest BCUT2D eigenvalue weighted by Gasteiger charge is 2.50. The van der Waals surface area contributed by atoms with Gasteiger partial charge in [-0.25, -0.2) is 29.9 Å². The van der Waals surface area contributed by atoms with E-state index in [1.807, 2.05) is 26.0 Å². The third-order valence-electron chi connectivity index (χ3n) is 16.5. The number of aliphatic hydroxyl groups excluding tert-OH is 2. The van der Waals surface area contributed by atoms with Crippen LogP contribution in [0.25, 0.3) is 0 Å². The summed E-state index contributed by atoms with van der Waals surface area (Å²) in [4.78, 5) is 38.5. The molecule has 8 aliphatic heterocycles. The number of nitrogens with two attached hydrogens (primary N) is 2. The quantitative estimate of drug-likeness (QED) is 0.148. The summed E-state index contributed by atoms with van der Waals surface area (Å²) in [5, 5.41) is 42.7. The molecule has 12 rings (SSSR count). The van der Waals surface area contributed by atoms with Crippen molar-refractivity contribution >= 4 is 46.8 Å². The molecule has 0 aromatic carbocycles. The summed E-state index contributed by atoms with van der Waals surface area (Å²) in [6.07, 6.45) is 12.3. The number of aliphatic hydroxyl groups is 4. The minimum Gasteiger partial charge on any atom is -0.486 e. The lowest BCUT2D eigenvalue weighted by molar-refractivity contribution is 0.0778. The summed E-state index contributed by atoms with van der Waals surface area (Å²) in [5.41, 5.74) is 12.6. The van der Waals surface area contributed by atoms with Crippen LogP contribution in [0.15, 0.2) is 56.8 Å². The van der Waals surface area contributed by atoms with Gasteiger partial charge in [-0.15, -0.1) is 0 Å². The molecule has 12 heterocycles. The molecule has 4 aromatic heterocycles. The second-order valence-corrected chi connectivity index (χ2v) is 23.9. The van der Waals surface area contributed by atoms with Crippen molar-refractivity contribution in [3.8, 4) is 11.5 Å². The minimum atomic E-state index is -0.750. The monoisotopic (exact) mass is 1030 g/mol. The second-order valence-electron chi connectivity index (χ2n) is 21.8. The van der Waals surface area contributed by atoms with Crippen molar-refractivity contribution in [2.75, 3.05) is 85.3 Å². The Morgan fingerprint density at radius 1 is 0.625 bits per heavy atom. The van der Waals surface area contributed by atoms with Gasteiger partial charge in [0.1, 0.15) is 34.7 Å². The smallest absolute Gasteiger partial charge is 0.175 e. The van der Waals surface area contributed by atoms with Gasteiger partial charge in [0, 0.05) is 87.4 Å². The lowest BCUT2D eigenvalue weighted by atomic mass is 9.73. The van der Waals surface area contributed by atoms with E-state index in [9.17, 15) is 20.4 Å². The second kappa shape index (κ2) is 19.4. The van der Waals surface area contributed by atoms with Crippen LogP contribution in [0.3, 0.4) is 0 Å². The maximum Gasteiger partial charge on any atom is 0.175 e. The van der Waals surface area contributed by atoms with Crippen LogP contribution in [0.5, 0.6) is 11.5 Å². The summed E-state index contributed by atoms with van der Waals surface area (Å²) in [5.74, 6) is 4.38. The Kier molecular flexibility index (Phi) is 13.4. The summed E-state index contributed by atoms with van der Waals surface area (Å²) >= 11 is 2.89. The van der Waals surface area contributed by atoms with Crippen molar-refractivity contribution < 1.29 is 39.4 Å². The maximum absolute atomic E-state index is 10.5. The van der Waals surface area contributed by atoms with Gasteiger partial charge in [-0.05, 0) is 65.5 Å². The fraction of sp³-hybridized carbons (Fsp3) is 0.640. The topological polar surface area (TPSA) is 260 Å². The number of ether oxygens (including phenoxy) is 4. The minimum absolute atomic E-state index is 0.0285. The molecule has 8 aliphatic rings. The molecule has 20 nitrogen and oxygen atoms in total. The summed E-state index contributed by atoms with van der Waals surface area (Å²) in [7, 11) is 0. The zero-order valence-corrected chi connectivity index (χ0v) is 43.2. The Labute approximate surface area is 428 Å².